The third kappa shape index (κ3) is 5.95. The molecule has 2 aromatic rings. The van der Waals surface area contributed by atoms with Crippen molar-refractivity contribution in [2.75, 3.05) is 39.9 Å². The molecule has 0 aliphatic carbocycles. The molecule has 170 valence electrons. The average molecular weight is 431 g/mol. The molecule has 0 saturated carbocycles. The molecule has 0 spiro atoms. The fourth-order valence-corrected chi connectivity index (χ4v) is 4.48. The van der Waals surface area contributed by atoms with Crippen LogP contribution in [0.1, 0.15) is 42.4 Å². The molecule has 0 unspecified atom stereocenters. The topological polar surface area (TPSA) is 45.9 Å². The number of nitrogens with zero attached hydrogens (tertiary/aromatic N) is 2. The van der Waals surface area contributed by atoms with Gasteiger partial charge in [0.1, 0.15) is 17.3 Å². The standard InChI is InChI=1S/C25H35FN2O3/c1-17(2)25(29)28(9-10-30-5)14-21-13-27(15-23-11-18(3)19(4)31-23)16-24(21)20-7-6-8-22(26)12-20/h6-8,11-12,17,21,24H,9-10,13-16H2,1-5H3/t21-,24-/m0/s1. The van der Waals surface area contributed by atoms with Gasteiger partial charge in [-0.3, -0.25) is 9.69 Å². The van der Waals surface area contributed by atoms with Gasteiger partial charge >= 0.3 is 0 Å². The van der Waals surface area contributed by atoms with Crippen LogP contribution in [-0.2, 0) is 16.1 Å². The van der Waals surface area contributed by atoms with E-state index in [1.54, 1.807) is 19.2 Å². The Morgan fingerprint density at radius 1 is 1.29 bits per heavy atom. The Labute approximate surface area is 185 Å². The molecule has 1 saturated heterocycles. The molecule has 6 heteroatoms. The number of likely N-dealkylation sites (tertiary alicyclic amines) is 1. The van der Waals surface area contributed by atoms with Gasteiger partial charge in [0, 0.05) is 45.1 Å². The summed E-state index contributed by atoms with van der Waals surface area (Å²) in [5, 5.41) is 0. The van der Waals surface area contributed by atoms with Gasteiger partial charge in [-0.05, 0) is 49.1 Å². The largest absolute Gasteiger partial charge is 0.465 e. The number of furan rings is 1. The molecule has 1 amide bonds. The Kier molecular flexibility index (Phi) is 7.89. The van der Waals surface area contributed by atoms with Gasteiger partial charge in [-0.1, -0.05) is 26.0 Å². The van der Waals surface area contributed by atoms with Crippen LogP contribution in [0.4, 0.5) is 4.39 Å². The summed E-state index contributed by atoms with van der Waals surface area (Å²) in [5.74, 6) is 2.09. The number of rotatable bonds is 9. The number of hydrogen-bond donors (Lipinski definition) is 0. The molecule has 2 heterocycles. The molecular weight excluding hydrogens is 395 g/mol. The summed E-state index contributed by atoms with van der Waals surface area (Å²) < 4.78 is 25.1. The Morgan fingerprint density at radius 3 is 2.68 bits per heavy atom. The lowest BCUT2D eigenvalue weighted by atomic mass is 9.88. The maximum Gasteiger partial charge on any atom is 0.225 e. The Morgan fingerprint density at radius 2 is 2.06 bits per heavy atom. The highest BCUT2D eigenvalue weighted by atomic mass is 19.1. The van der Waals surface area contributed by atoms with Crippen LogP contribution in [-0.4, -0.2) is 55.6 Å². The molecular formula is C25H35FN2O3. The first kappa shape index (κ1) is 23.5. The van der Waals surface area contributed by atoms with E-state index in [4.69, 9.17) is 9.15 Å². The molecule has 1 fully saturated rings. The maximum absolute atomic E-state index is 14.0. The van der Waals surface area contributed by atoms with Crippen LogP contribution in [0.15, 0.2) is 34.7 Å². The first-order chi connectivity index (χ1) is 14.8. The van der Waals surface area contributed by atoms with E-state index < -0.39 is 0 Å². The van der Waals surface area contributed by atoms with Crippen molar-refractivity contribution in [2.24, 2.45) is 11.8 Å². The quantitative estimate of drug-likeness (QED) is 0.592. The van der Waals surface area contributed by atoms with Gasteiger partial charge in [0.05, 0.1) is 13.2 Å². The van der Waals surface area contributed by atoms with Crippen molar-refractivity contribution in [3.63, 3.8) is 0 Å². The minimum atomic E-state index is -0.221. The highest BCUT2D eigenvalue weighted by molar-refractivity contribution is 5.78. The molecule has 31 heavy (non-hydrogen) atoms. The van der Waals surface area contributed by atoms with E-state index in [1.807, 2.05) is 31.7 Å². The summed E-state index contributed by atoms with van der Waals surface area (Å²) in [6.07, 6.45) is 0. The zero-order valence-corrected chi connectivity index (χ0v) is 19.4. The second-order valence-corrected chi connectivity index (χ2v) is 9.00. The summed E-state index contributed by atoms with van der Waals surface area (Å²) >= 11 is 0. The summed E-state index contributed by atoms with van der Waals surface area (Å²) in [6, 6.07) is 8.97. The third-order valence-corrected chi connectivity index (χ3v) is 6.22. The van der Waals surface area contributed by atoms with Crippen molar-refractivity contribution in [2.45, 2.75) is 40.2 Å². The maximum atomic E-state index is 14.0. The van der Waals surface area contributed by atoms with Gasteiger partial charge in [-0.25, -0.2) is 4.39 Å². The molecule has 3 rings (SSSR count). The smallest absolute Gasteiger partial charge is 0.225 e. The second-order valence-electron chi connectivity index (χ2n) is 9.00. The second kappa shape index (κ2) is 10.4. The lowest BCUT2D eigenvalue weighted by Crippen LogP contribution is -2.41. The number of carbonyl (C=O) groups excluding carboxylic acids is 1. The van der Waals surface area contributed by atoms with E-state index in [0.29, 0.717) is 26.2 Å². The summed E-state index contributed by atoms with van der Waals surface area (Å²) in [6.45, 7) is 11.9. The third-order valence-electron chi connectivity index (χ3n) is 6.22. The van der Waals surface area contributed by atoms with Crippen molar-refractivity contribution in [3.8, 4) is 0 Å². The van der Waals surface area contributed by atoms with Crippen LogP contribution < -0.4 is 0 Å². The van der Waals surface area contributed by atoms with Crippen LogP contribution in [0.2, 0.25) is 0 Å². The van der Waals surface area contributed by atoms with Gasteiger partial charge < -0.3 is 14.1 Å². The zero-order valence-electron chi connectivity index (χ0n) is 19.4. The monoisotopic (exact) mass is 430 g/mol. The van der Waals surface area contributed by atoms with Crippen LogP contribution in [0, 0.1) is 31.5 Å². The predicted molar refractivity (Wildman–Crippen MR) is 119 cm³/mol. The minimum Gasteiger partial charge on any atom is -0.465 e. The number of amides is 1. The van der Waals surface area contributed by atoms with Crippen molar-refractivity contribution < 1.29 is 18.3 Å². The number of benzene rings is 1. The molecule has 5 nitrogen and oxygen atoms in total. The van der Waals surface area contributed by atoms with Crippen molar-refractivity contribution in [1.29, 1.82) is 0 Å². The average Bonchev–Trinajstić information content (AvgIpc) is 3.26. The van der Waals surface area contributed by atoms with E-state index in [0.717, 1.165) is 35.7 Å². The molecule has 1 aliphatic heterocycles. The molecule has 1 aromatic heterocycles. The Bertz CT molecular complexity index is 860. The number of ether oxygens (including phenoxy) is 1. The number of hydrogen-bond acceptors (Lipinski definition) is 4. The SMILES string of the molecule is COCCN(C[C@@H]1CN(Cc2cc(C)c(C)o2)C[C@H]1c1cccc(F)c1)C(=O)C(C)C. The van der Waals surface area contributed by atoms with Gasteiger partial charge in [-0.2, -0.15) is 0 Å². The first-order valence-electron chi connectivity index (χ1n) is 11.1. The fraction of sp³-hybridized carbons (Fsp3) is 0.560. The molecule has 1 aromatic carbocycles. The van der Waals surface area contributed by atoms with E-state index in [-0.39, 0.29) is 29.5 Å². The highest BCUT2D eigenvalue weighted by Crippen LogP contribution is 2.35. The first-order valence-corrected chi connectivity index (χ1v) is 11.1. The van der Waals surface area contributed by atoms with Gasteiger partial charge in [0.25, 0.3) is 0 Å². The van der Waals surface area contributed by atoms with Crippen LogP contribution in [0.3, 0.4) is 0 Å². The lowest BCUT2D eigenvalue weighted by molar-refractivity contribution is -0.135. The van der Waals surface area contributed by atoms with Gasteiger partial charge in [-0.15, -0.1) is 0 Å². The van der Waals surface area contributed by atoms with E-state index in [2.05, 4.69) is 17.9 Å². The van der Waals surface area contributed by atoms with E-state index in [1.165, 1.54) is 6.07 Å². The lowest BCUT2D eigenvalue weighted by Gasteiger charge is -2.29. The molecule has 0 bridgehead atoms. The number of aryl methyl sites for hydroxylation is 2. The zero-order chi connectivity index (χ0) is 22.5. The van der Waals surface area contributed by atoms with Gasteiger partial charge in [0.2, 0.25) is 5.91 Å². The van der Waals surface area contributed by atoms with Crippen molar-refractivity contribution in [3.05, 3.63) is 58.8 Å². The van der Waals surface area contributed by atoms with Gasteiger partial charge in [0.15, 0.2) is 0 Å². The number of methoxy groups -OCH3 is 1. The molecule has 2 atom stereocenters. The Balaban J connectivity index is 1.81. The Hall–Kier alpha value is -2.18. The fourth-order valence-electron chi connectivity index (χ4n) is 4.48. The summed E-state index contributed by atoms with van der Waals surface area (Å²) in [7, 11) is 1.65. The van der Waals surface area contributed by atoms with Crippen molar-refractivity contribution >= 4 is 5.91 Å². The van der Waals surface area contributed by atoms with Crippen LogP contribution in [0.5, 0.6) is 0 Å². The molecule has 0 N–H and O–H groups in total. The van der Waals surface area contributed by atoms with Crippen LogP contribution in [0.25, 0.3) is 0 Å². The highest BCUT2D eigenvalue weighted by Gasteiger charge is 2.36. The minimum absolute atomic E-state index is 0.0731. The predicted octanol–water partition coefficient (Wildman–Crippen LogP) is 4.38. The number of carbonyl (C=O) groups is 1. The molecule has 1 aliphatic rings. The summed E-state index contributed by atoms with van der Waals surface area (Å²) in [5.41, 5.74) is 2.14. The van der Waals surface area contributed by atoms with E-state index in [9.17, 15) is 9.18 Å². The van der Waals surface area contributed by atoms with Crippen LogP contribution >= 0.6 is 0 Å². The van der Waals surface area contributed by atoms with E-state index >= 15 is 0 Å². The van der Waals surface area contributed by atoms with Crippen molar-refractivity contribution in [1.82, 2.24) is 9.80 Å². The number of halogens is 1. The molecule has 0 radical (unpaired) electrons. The normalized spacial score (nSPS) is 19.3. The summed E-state index contributed by atoms with van der Waals surface area (Å²) in [4.78, 5) is 17.1.